The average Bonchev–Trinajstić information content (AvgIpc) is 2.18. The van der Waals surface area contributed by atoms with E-state index in [1.54, 1.807) is 6.92 Å². The summed E-state index contributed by atoms with van der Waals surface area (Å²) in [6.07, 6.45) is 1.59. The van der Waals surface area contributed by atoms with Crippen LogP contribution in [-0.2, 0) is 9.53 Å². The third-order valence-corrected chi connectivity index (χ3v) is 2.35. The second-order valence-corrected chi connectivity index (χ2v) is 3.38. The van der Waals surface area contributed by atoms with E-state index in [4.69, 9.17) is 10.5 Å². The highest BCUT2D eigenvalue weighted by Crippen LogP contribution is 2.17. The lowest BCUT2D eigenvalue weighted by atomic mass is 9.98. The van der Waals surface area contributed by atoms with Crippen LogP contribution in [0.1, 0.15) is 19.8 Å². The van der Waals surface area contributed by atoms with Crippen LogP contribution in [0.5, 0.6) is 0 Å². The maximum absolute atomic E-state index is 11.4. The number of ether oxygens (including phenoxy) is 1. The first-order valence-electron chi connectivity index (χ1n) is 4.86. The zero-order chi connectivity index (χ0) is 10.6. The molecule has 5 nitrogen and oxygen atoms in total. The Balaban J connectivity index is 2.47. The van der Waals surface area contributed by atoms with Crippen LogP contribution in [0.4, 0.5) is 4.79 Å². The van der Waals surface area contributed by atoms with Gasteiger partial charge in [0.05, 0.1) is 12.5 Å². The van der Waals surface area contributed by atoms with Gasteiger partial charge in [0.2, 0.25) is 0 Å². The summed E-state index contributed by atoms with van der Waals surface area (Å²) in [7, 11) is 0. The van der Waals surface area contributed by atoms with Crippen LogP contribution in [0.25, 0.3) is 0 Å². The van der Waals surface area contributed by atoms with Gasteiger partial charge in [-0.1, -0.05) is 0 Å². The summed E-state index contributed by atoms with van der Waals surface area (Å²) in [5.74, 6) is -0.422. The molecule has 14 heavy (non-hydrogen) atoms. The molecule has 0 aromatic rings. The van der Waals surface area contributed by atoms with Crippen molar-refractivity contribution in [3.05, 3.63) is 0 Å². The van der Waals surface area contributed by atoms with Gasteiger partial charge in [0.25, 0.3) is 0 Å². The fourth-order valence-electron chi connectivity index (χ4n) is 1.63. The number of hydrogen-bond acceptors (Lipinski definition) is 3. The van der Waals surface area contributed by atoms with Gasteiger partial charge in [-0.3, -0.25) is 4.79 Å². The molecule has 1 aliphatic rings. The Labute approximate surface area is 83.2 Å². The van der Waals surface area contributed by atoms with E-state index in [0.717, 1.165) is 12.8 Å². The molecule has 0 aliphatic carbocycles. The molecule has 0 aromatic carbocycles. The van der Waals surface area contributed by atoms with Crippen LogP contribution in [0, 0.1) is 5.92 Å². The number of urea groups is 1. The number of amides is 2. The number of carbonyl (C=O) groups excluding carboxylic acids is 2. The van der Waals surface area contributed by atoms with E-state index >= 15 is 0 Å². The van der Waals surface area contributed by atoms with Gasteiger partial charge >= 0.3 is 12.0 Å². The Morgan fingerprint density at radius 2 is 2.29 bits per heavy atom. The minimum Gasteiger partial charge on any atom is -0.466 e. The second kappa shape index (κ2) is 4.83. The molecule has 5 heteroatoms. The largest absolute Gasteiger partial charge is 0.466 e. The molecule has 1 fully saturated rings. The molecule has 1 aliphatic heterocycles. The summed E-state index contributed by atoms with van der Waals surface area (Å²) in [4.78, 5) is 23.7. The fourth-order valence-corrected chi connectivity index (χ4v) is 1.63. The lowest BCUT2D eigenvalue weighted by Crippen LogP contribution is -2.45. The Bertz CT molecular complexity index is 230. The first kappa shape index (κ1) is 10.8. The third kappa shape index (κ3) is 2.61. The lowest BCUT2D eigenvalue weighted by Gasteiger charge is -2.29. The first-order chi connectivity index (χ1) is 6.65. The smallest absolute Gasteiger partial charge is 0.314 e. The number of primary amides is 1. The van der Waals surface area contributed by atoms with Crippen molar-refractivity contribution in [2.75, 3.05) is 19.7 Å². The average molecular weight is 200 g/mol. The molecule has 0 bridgehead atoms. The summed E-state index contributed by atoms with van der Waals surface area (Å²) in [6, 6.07) is -0.459. The second-order valence-electron chi connectivity index (χ2n) is 3.38. The zero-order valence-corrected chi connectivity index (χ0v) is 8.36. The highest BCUT2D eigenvalue weighted by Gasteiger charge is 2.28. The number of carbonyl (C=O) groups is 2. The van der Waals surface area contributed by atoms with Crippen molar-refractivity contribution in [3.8, 4) is 0 Å². The van der Waals surface area contributed by atoms with Crippen molar-refractivity contribution in [2.45, 2.75) is 19.8 Å². The number of rotatable bonds is 2. The summed E-state index contributed by atoms with van der Waals surface area (Å²) in [5.41, 5.74) is 5.14. The quantitative estimate of drug-likeness (QED) is 0.653. The SMILES string of the molecule is CCOC(=O)[C@@H]1CCCN(C(N)=O)C1. The van der Waals surface area contributed by atoms with E-state index in [2.05, 4.69) is 0 Å². The molecular formula is C9H16N2O3. The molecule has 0 aromatic heterocycles. The van der Waals surface area contributed by atoms with Crippen molar-refractivity contribution in [1.82, 2.24) is 4.90 Å². The molecule has 2 N–H and O–H groups in total. The van der Waals surface area contributed by atoms with Crippen molar-refractivity contribution >= 4 is 12.0 Å². The van der Waals surface area contributed by atoms with Crippen LogP contribution >= 0.6 is 0 Å². The monoisotopic (exact) mass is 200 g/mol. The molecule has 0 spiro atoms. The number of likely N-dealkylation sites (tertiary alicyclic amines) is 1. The van der Waals surface area contributed by atoms with E-state index < -0.39 is 6.03 Å². The van der Waals surface area contributed by atoms with Gasteiger partial charge in [-0.25, -0.2) is 4.79 Å². The highest BCUT2D eigenvalue weighted by atomic mass is 16.5. The molecule has 0 unspecified atom stereocenters. The van der Waals surface area contributed by atoms with Crippen LogP contribution in [0.15, 0.2) is 0 Å². The molecule has 1 heterocycles. The van der Waals surface area contributed by atoms with Gasteiger partial charge < -0.3 is 15.4 Å². The summed E-state index contributed by atoms with van der Waals surface area (Å²) in [5, 5.41) is 0. The molecule has 0 radical (unpaired) electrons. The topological polar surface area (TPSA) is 72.6 Å². The third-order valence-electron chi connectivity index (χ3n) is 2.35. The maximum atomic E-state index is 11.4. The van der Waals surface area contributed by atoms with Gasteiger partial charge in [0, 0.05) is 13.1 Å². The van der Waals surface area contributed by atoms with E-state index in [1.165, 1.54) is 4.90 Å². The normalized spacial score (nSPS) is 21.8. The predicted octanol–water partition coefficient (Wildman–Crippen LogP) is 0.340. The molecule has 1 saturated heterocycles. The summed E-state index contributed by atoms with van der Waals surface area (Å²) >= 11 is 0. The van der Waals surface area contributed by atoms with Crippen LogP contribution in [0.3, 0.4) is 0 Å². The highest BCUT2D eigenvalue weighted by molar-refractivity contribution is 5.76. The summed E-state index contributed by atoms with van der Waals surface area (Å²) in [6.45, 7) is 3.19. The van der Waals surface area contributed by atoms with Gasteiger partial charge in [-0.2, -0.15) is 0 Å². The standard InChI is InChI=1S/C9H16N2O3/c1-2-14-8(12)7-4-3-5-11(6-7)9(10)13/h7H,2-6H2,1H3,(H2,10,13)/t7-/m1/s1. The van der Waals surface area contributed by atoms with E-state index in [1.807, 2.05) is 0 Å². The van der Waals surface area contributed by atoms with Crippen molar-refractivity contribution in [1.29, 1.82) is 0 Å². The minimum absolute atomic E-state index is 0.198. The van der Waals surface area contributed by atoms with E-state index in [9.17, 15) is 9.59 Å². The molecular weight excluding hydrogens is 184 g/mol. The number of nitrogens with zero attached hydrogens (tertiary/aromatic N) is 1. The first-order valence-corrected chi connectivity index (χ1v) is 4.86. The lowest BCUT2D eigenvalue weighted by molar-refractivity contribution is -0.149. The number of nitrogens with two attached hydrogens (primary N) is 1. The van der Waals surface area contributed by atoms with E-state index in [0.29, 0.717) is 19.7 Å². The molecule has 2 amide bonds. The van der Waals surface area contributed by atoms with Crippen molar-refractivity contribution < 1.29 is 14.3 Å². The fraction of sp³-hybridized carbons (Fsp3) is 0.778. The van der Waals surface area contributed by atoms with Crippen LogP contribution in [-0.4, -0.2) is 36.6 Å². The molecule has 1 atom stereocenters. The Morgan fingerprint density at radius 3 is 2.86 bits per heavy atom. The molecule has 1 rings (SSSR count). The Hall–Kier alpha value is -1.26. The van der Waals surface area contributed by atoms with Gasteiger partial charge in [0.1, 0.15) is 0 Å². The number of hydrogen-bond donors (Lipinski definition) is 1. The van der Waals surface area contributed by atoms with Crippen molar-refractivity contribution in [2.24, 2.45) is 11.7 Å². The van der Waals surface area contributed by atoms with Gasteiger partial charge in [0.15, 0.2) is 0 Å². The maximum Gasteiger partial charge on any atom is 0.314 e. The summed E-state index contributed by atoms with van der Waals surface area (Å²) < 4.78 is 4.89. The van der Waals surface area contributed by atoms with Crippen LogP contribution in [0.2, 0.25) is 0 Å². The molecule has 0 saturated carbocycles. The Kier molecular flexibility index (Phi) is 3.73. The number of esters is 1. The number of piperidine rings is 1. The Morgan fingerprint density at radius 1 is 1.57 bits per heavy atom. The zero-order valence-electron chi connectivity index (χ0n) is 8.36. The predicted molar refractivity (Wildman–Crippen MR) is 50.5 cm³/mol. The molecule has 80 valence electrons. The van der Waals surface area contributed by atoms with Crippen molar-refractivity contribution in [3.63, 3.8) is 0 Å². The van der Waals surface area contributed by atoms with E-state index in [-0.39, 0.29) is 11.9 Å². The van der Waals surface area contributed by atoms with Gasteiger partial charge in [-0.05, 0) is 19.8 Å². The van der Waals surface area contributed by atoms with Gasteiger partial charge in [-0.15, -0.1) is 0 Å². The minimum atomic E-state index is -0.459. The van der Waals surface area contributed by atoms with Crippen LogP contribution < -0.4 is 5.73 Å².